The first-order valence-corrected chi connectivity index (χ1v) is 9.79. The van der Waals surface area contributed by atoms with Crippen LogP contribution in [-0.4, -0.2) is 42.4 Å². The van der Waals surface area contributed by atoms with E-state index < -0.39 is 0 Å². The van der Waals surface area contributed by atoms with Crippen LogP contribution in [-0.2, 0) is 9.59 Å². The van der Waals surface area contributed by atoms with Gasteiger partial charge in [-0.25, -0.2) is 0 Å². The summed E-state index contributed by atoms with van der Waals surface area (Å²) in [4.78, 5) is 29.2. The van der Waals surface area contributed by atoms with Gasteiger partial charge in [0.25, 0.3) is 0 Å². The minimum Gasteiger partial charge on any atom is -0.324 e. The van der Waals surface area contributed by atoms with Crippen LogP contribution >= 0.6 is 0 Å². The lowest BCUT2D eigenvalue weighted by Gasteiger charge is -2.32. The van der Waals surface area contributed by atoms with Crippen molar-refractivity contribution in [1.82, 2.24) is 4.90 Å². The molecule has 0 unspecified atom stereocenters. The van der Waals surface area contributed by atoms with E-state index in [0.29, 0.717) is 18.7 Å². The van der Waals surface area contributed by atoms with E-state index in [1.807, 2.05) is 37.3 Å². The van der Waals surface area contributed by atoms with Gasteiger partial charge in [0.1, 0.15) is 0 Å². The predicted octanol–water partition coefficient (Wildman–Crippen LogP) is 3.54. The van der Waals surface area contributed by atoms with Crippen LogP contribution in [0.3, 0.4) is 0 Å². The molecule has 2 amide bonds. The molecule has 0 bridgehead atoms. The molecule has 0 aliphatic carbocycles. The van der Waals surface area contributed by atoms with E-state index in [2.05, 4.69) is 40.6 Å². The van der Waals surface area contributed by atoms with Crippen LogP contribution in [0.1, 0.15) is 25.3 Å². The van der Waals surface area contributed by atoms with Gasteiger partial charge in [-0.15, -0.1) is 0 Å². The number of carbonyl (C=O) groups excluding carboxylic acids is 2. The number of hydrogen-bond acceptors (Lipinski definition) is 3. The van der Waals surface area contributed by atoms with Gasteiger partial charge >= 0.3 is 0 Å². The van der Waals surface area contributed by atoms with Gasteiger partial charge in [0, 0.05) is 25.6 Å². The third-order valence-electron chi connectivity index (χ3n) is 5.42. The first kappa shape index (κ1) is 18.4. The van der Waals surface area contributed by atoms with Crippen molar-refractivity contribution in [1.29, 1.82) is 0 Å². The summed E-state index contributed by atoms with van der Waals surface area (Å²) in [7, 11) is 0. The van der Waals surface area contributed by atoms with Crippen molar-refractivity contribution in [3.8, 4) is 0 Å². The zero-order chi connectivity index (χ0) is 19.5. The van der Waals surface area contributed by atoms with Crippen LogP contribution < -0.4 is 10.2 Å². The highest BCUT2D eigenvalue weighted by Gasteiger charge is 2.30. The lowest BCUT2D eigenvalue weighted by Crippen LogP contribution is -2.45. The summed E-state index contributed by atoms with van der Waals surface area (Å²) in [6.45, 7) is 3.90. The molecule has 0 radical (unpaired) electrons. The first-order chi connectivity index (χ1) is 13.6. The number of carbonyl (C=O) groups is 2. The Labute approximate surface area is 165 Å². The molecule has 0 saturated carbocycles. The van der Waals surface area contributed by atoms with Gasteiger partial charge in [-0.2, -0.15) is 0 Å². The topological polar surface area (TPSA) is 52.7 Å². The second-order valence-corrected chi connectivity index (χ2v) is 7.46. The van der Waals surface area contributed by atoms with Crippen molar-refractivity contribution in [2.75, 3.05) is 29.9 Å². The van der Waals surface area contributed by atoms with Crippen molar-refractivity contribution >= 4 is 28.8 Å². The molecule has 2 aromatic rings. The molecule has 2 aromatic carbocycles. The van der Waals surface area contributed by atoms with Gasteiger partial charge < -0.3 is 10.2 Å². The SMILES string of the molecule is C[C@H]1CC(=O)Nc2ccccc2N1C(=O)CN1CC=C(c2ccccc2)CC1. The number of nitrogens with one attached hydrogen (secondary N) is 1. The quantitative estimate of drug-likeness (QED) is 0.893. The molecule has 1 atom stereocenters. The molecule has 0 fully saturated rings. The molecule has 0 spiro atoms. The Kier molecular flexibility index (Phi) is 5.26. The average Bonchev–Trinajstić information content (AvgIpc) is 2.83. The molecule has 1 N–H and O–H groups in total. The lowest BCUT2D eigenvalue weighted by atomic mass is 9.99. The normalized spacial score (nSPS) is 20.0. The summed E-state index contributed by atoms with van der Waals surface area (Å²) in [5.74, 6) is -0.0170. The highest BCUT2D eigenvalue weighted by molar-refractivity contribution is 6.04. The summed E-state index contributed by atoms with van der Waals surface area (Å²) in [5, 5.41) is 2.91. The smallest absolute Gasteiger partial charge is 0.241 e. The molecule has 28 heavy (non-hydrogen) atoms. The van der Waals surface area contributed by atoms with Crippen LogP contribution in [0.4, 0.5) is 11.4 Å². The average molecular weight is 375 g/mol. The van der Waals surface area contributed by atoms with Crippen LogP contribution in [0, 0.1) is 0 Å². The number of fused-ring (bicyclic) bond motifs is 1. The standard InChI is InChI=1S/C23H25N3O2/c1-17-15-22(27)24-20-9-5-6-10-21(20)26(17)23(28)16-25-13-11-19(12-14-25)18-7-3-2-4-8-18/h2-11,17H,12-16H2,1H3,(H,24,27)/t17-/m0/s1. The molecule has 5 heteroatoms. The number of amides is 2. The fraction of sp³-hybridized carbons (Fsp3) is 0.304. The van der Waals surface area contributed by atoms with Crippen LogP contribution in [0.2, 0.25) is 0 Å². The molecule has 4 rings (SSSR count). The first-order valence-electron chi connectivity index (χ1n) is 9.79. The number of para-hydroxylation sites is 2. The van der Waals surface area contributed by atoms with E-state index in [1.54, 1.807) is 4.90 Å². The third-order valence-corrected chi connectivity index (χ3v) is 5.42. The van der Waals surface area contributed by atoms with Crippen LogP contribution in [0.5, 0.6) is 0 Å². The van der Waals surface area contributed by atoms with E-state index >= 15 is 0 Å². The van der Waals surface area contributed by atoms with E-state index in [-0.39, 0.29) is 17.9 Å². The van der Waals surface area contributed by atoms with E-state index in [4.69, 9.17) is 0 Å². The Morgan fingerprint density at radius 2 is 1.86 bits per heavy atom. The van der Waals surface area contributed by atoms with Crippen molar-refractivity contribution in [3.05, 3.63) is 66.2 Å². The Morgan fingerprint density at radius 3 is 2.61 bits per heavy atom. The van der Waals surface area contributed by atoms with Crippen LogP contribution in [0.25, 0.3) is 5.57 Å². The van der Waals surface area contributed by atoms with E-state index in [0.717, 1.165) is 25.2 Å². The summed E-state index contributed by atoms with van der Waals surface area (Å²) in [6, 6.07) is 17.8. The Morgan fingerprint density at radius 1 is 1.11 bits per heavy atom. The van der Waals surface area contributed by atoms with E-state index in [1.165, 1.54) is 11.1 Å². The maximum Gasteiger partial charge on any atom is 0.241 e. The van der Waals surface area contributed by atoms with Crippen molar-refractivity contribution in [2.24, 2.45) is 0 Å². The fourth-order valence-electron chi connectivity index (χ4n) is 4.00. The van der Waals surface area contributed by atoms with Gasteiger partial charge in [0.2, 0.25) is 11.8 Å². The molecule has 0 aromatic heterocycles. The summed E-state index contributed by atoms with van der Waals surface area (Å²) >= 11 is 0. The van der Waals surface area contributed by atoms with Crippen molar-refractivity contribution in [2.45, 2.75) is 25.8 Å². The van der Waals surface area contributed by atoms with Crippen molar-refractivity contribution < 1.29 is 9.59 Å². The zero-order valence-corrected chi connectivity index (χ0v) is 16.1. The molecule has 2 heterocycles. The zero-order valence-electron chi connectivity index (χ0n) is 16.1. The minimum absolute atomic E-state index is 0.0352. The largest absolute Gasteiger partial charge is 0.324 e. The Bertz CT molecular complexity index is 907. The van der Waals surface area contributed by atoms with Gasteiger partial charge in [-0.05, 0) is 36.6 Å². The maximum atomic E-state index is 13.2. The van der Waals surface area contributed by atoms with Crippen molar-refractivity contribution in [3.63, 3.8) is 0 Å². The number of rotatable bonds is 3. The van der Waals surface area contributed by atoms with Gasteiger partial charge in [0.15, 0.2) is 0 Å². The monoisotopic (exact) mass is 375 g/mol. The maximum absolute atomic E-state index is 13.2. The molecule has 5 nitrogen and oxygen atoms in total. The van der Waals surface area contributed by atoms with Gasteiger partial charge in [0.05, 0.1) is 17.9 Å². The number of hydrogen-bond donors (Lipinski definition) is 1. The predicted molar refractivity (Wildman–Crippen MR) is 112 cm³/mol. The highest BCUT2D eigenvalue weighted by Crippen LogP contribution is 2.31. The Balaban J connectivity index is 1.48. The molecular weight excluding hydrogens is 350 g/mol. The molecular formula is C23H25N3O2. The highest BCUT2D eigenvalue weighted by atomic mass is 16.2. The molecule has 144 valence electrons. The number of anilines is 2. The number of benzene rings is 2. The lowest BCUT2D eigenvalue weighted by molar-refractivity contribution is -0.120. The minimum atomic E-state index is -0.170. The molecule has 2 aliphatic rings. The van der Waals surface area contributed by atoms with Crippen LogP contribution in [0.15, 0.2) is 60.7 Å². The second kappa shape index (κ2) is 7.98. The molecule has 2 aliphatic heterocycles. The second-order valence-electron chi connectivity index (χ2n) is 7.46. The summed E-state index contributed by atoms with van der Waals surface area (Å²) in [6.07, 6.45) is 3.46. The van der Waals surface area contributed by atoms with E-state index in [9.17, 15) is 9.59 Å². The summed E-state index contributed by atoms with van der Waals surface area (Å²) in [5.41, 5.74) is 4.08. The van der Waals surface area contributed by atoms with Gasteiger partial charge in [-0.1, -0.05) is 48.5 Å². The fourth-order valence-corrected chi connectivity index (χ4v) is 4.00. The number of nitrogens with zero attached hydrogens (tertiary/aromatic N) is 2. The Hall–Kier alpha value is -2.92. The third kappa shape index (κ3) is 3.85. The van der Waals surface area contributed by atoms with Gasteiger partial charge in [-0.3, -0.25) is 14.5 Å². The molecule has 0 saturated heterocycles. The summed E-state index contributed by atoms with van der Waals surface area (Å²) < 4.78 is 0.